The standard InChI is InChI=1S/C21H25NO3/c1-5-22(6-2)18-13-9-8-12-17(18)21(23)20(25-4)15-16-11-7-10-14-19(16)24-3/h7-15H,5-6H2,1-4H3. The van der Waals surface area contributed by atoms with Crippen LogP contribution in [0.3, 0.4) is 0 Å². The van der Waals surface area contributed by atoms with Crippen molar-refractivity contribution in [3.8, 4) is 5.75 Å². The van der Waals surface area contributed by atoms with E-state index in [0.29, 0.717) is 11.3 Å². The van der Waals surface area contributed by atoms with Crippen molar-refractivity contribution in [2.24, 2.45) is 0 Å². The number of allylic oxidation sites excluding steroid dienone is 1. The molecule has 0 aliphatic rings. The molecule has 132 valence electrons. The molecule has 0 aliphatic carbocycles. The van der Waals surface area contributed by atoms with E-state index in [4.69, 9.17) is 9.47 Å². The third-order valence-electron chi connectivity index (χ3n) is 4.12. The summed E-state index contributed by atoms with van der Waals surface area (Å²) in [6, 6.07) is 15.2. The highest BCUT2D eigenvalue weighted by Gasteiger charge is 2.19. The normalized spacial score (nSPS) is 11.1. The van der Waals surface area contributed by atoms with Gasteiger partial charge in [-0.05, 0) is 38.1 Å². The minimum Gasteiger partial charge on any atom is -0.496 e. The van der Waals surface area contributed by atoms with Crippen molar-refractivity contribution >= 4 is 17.5 Å². The summed E-state index contributed by atoms with van der Waals surface area (Å²) < 4.78 is 10.8. The zero-order chi connectivity index (χ0) is 18.2. The molecular weight excluding hydrogens is 314 g/mol. The Bertz CT molecular complexity index is 748. The highest BCUT2D eigenvalue weighted by molar-refractivity contribution is 6.13. The second-order valence-corrected chi connectivity index (χ2v) is 5.47. The summed E-state index contributed by atoms with van der Waals surface area (Å²) in [4.78, 5) is 15.2. The number of benzene rings is 2. The summed E-state index contributed by atoms with van der Waals surface area (Å²) in [5.41, 5.74) is 2.35. The molecule has 0 bridgehead atoms. The molecule has 4 nitrogen and oxygen atoms in total. The van der Waals surface area contributed by atoms with Gasteiger partial charge in [0.2, 0.25) is 5.78 Å². The molecule has 0 fully saturated rings. The van der Waals surface area contributed by atoms with E-state index < -0.39 is 0 Å². The fraction of sp³-hybridized carbons (Fsp3) is 0.286. The number of carbonyl (C=O) groups excluding carboxylic acids is 1. The van der Waals surface area contributed by atoms with Gasteiger partial charge >= 0.3 is 0 Å². The van der Waals surface area contributed by atoms with E-state index in [-0.39, 0.29) is 11.5 Å². The largest absolute Gasteiger partial charge is 0.496 e. The maximum Gasteiger partial charge on any atom is 0.229 e. The van der Waals surface area contributed by atoms with Crippen molar-refractivity contribution < 1.29 is 14.3 Å². The fourth-order valence-electron chi connectivity index (χ4n) is 2.78. The van der Waals surface area contributed by atoms with Gasteiger partial charge in [-0.3, -0.25) is 4.79 Å². The maximum atomic E-state index is 13.1. The van der Waals surface area contributed by atoms with Gasteiger partial charge in [0.15, 0.2) is 5.76 Å². The topological polar surface area (TPSA) is 38.8 Å². The highest BCUT2D eigenvalue weighted by atomic mass is 16.5. The fourth-order valence-corrected chi connectivity index (χ4v) is 2.78. The van der Waals surface area contributed by atoms with Crippen molar-refractivity contribution in [2.45, 2.75) is 13.8 Å². The summed E-state index contributed by atoms with van der Waals surface area (Å²) in [5.74, 6) is 0.835. The van der Waals surface area contributed by atoms with E-state index in [9.17, 15) is 4.79 Å². The van der Waals surface area contributed by atoms with Crippen molar-refractivity contribution in [1.82, 2.24) is 0 Å². The molecule has 2 rings (SSSR count). The molecule has 0 saturated carbocycles. The lowest BCUT2D eigenvalue weighted by Crippen LogP contribution is -2.24. The Morgan fingerprint density at radius 2 is 1.64 bits per heavy atom. The van der Waals surface area contributed by atoms with Gasteiger partial charge in [0.05, 0.1) is 14.2 Å². The molecule has 0 spiro atoms. The second-order valence-electron chi connectivity index (χ2n) is 5.47. The van der Waals surface area contributed by atoms with Crippen LogP contribution in [0.15, 0.2) is 54.3 Å². The van der Waals surface area contributed by atoms with Crippen molar-refractivity contribution in [3.05, 3.63) is 65.4 Å². The van der Waals surface area contributed by atoms with E-state index in [2.05, 4.69) is 18.7 Å². The monoisotopic (exact) mass is 339 g/mol. The quantitative estimate of drug-likeness (QED) is 0.406. The Hall–Kier alpha value is -2.75. The van der Waals surface area contributed by atoms with Crippen LogP contribution >= 0.6 is 0 Å². The molecule has 0 saturated heterocycles. The number of hydrogen-bond acceptors (Lipinski definition) is 4. The summed E-state index contributed by atoms with van der Waals surface area (Å²) >= 11 is 0. The molecule has 0 aliphatic heterocycles. The third kappa shape index (κ3) is 4.21. The summed E-state index contributed by atoms with van der Waals surface area (Å²) in [6.45, 7) is 5.82. The van der Waals surface area contributed by atoms with Gasteiger partial charge in [0.1, 0.15) is 5.75 Å². The Balaban J connectivity index is 2.46. The van der Waals surface area contributed by atoms with Gasteiger partial charge in [0.25, 0.3) is 0 Å². The van der Waals surface area contributed by atoms with Crippen LogP contribution in [0.25, 0.3) is 6.08 Å². The number of methoxy groups -OCH3 is 2. The highest BCUT2D eigenvalue weighted by Crippen LogP contribution is 2.26. The molecule has 0 N–H and O–H groups in total. The molecular formula is C21H25NO3. The van der Waals surface area contributed by atoms with Crippen LogP contribution in [-0.2, 0) is 4.74 Å². The van der Waals surface area contributed by atoms with Gasteiger partial charge in [-0.2, -0.15) is 0 Å². The first-order valence-corrected chi connectivity index (χ1v) is 8.43. The number of rotatable bonds is 8. The first-order chi connectivity index (χ1) is 12.2. The number of hydrogen-bond donors (Lipinski definition) is 0. The van der Waals surface area contributed by atoms with E-state index in [0.717, 1.165) is 24.3 Å². The van der Waals surface area contributed by atoms with Crippen LogP contribution in [0, 0.1) is 0 Å². The average molecular weight is 339 g/mol. The molecule has 0 unspecified atom stereocenters. The van der Waals surface area contributed by atoms with Crippen LogP contribution < -0.4 is 9.64 Å². The molecule has 2 aromatic rings. The maximum absolute atomic E-state index is 13.1. The number of para-hydroxylation sites is 2. The molecule has 0 amide bonds. The molecule has 0 heterocycles. The molecule has 2 aromatic carbocycles. The van der Waals surface area contributed by atoms with Crippen molar-refractivity contribution in [3.63, 3.8) is 0 Å². The SMILES string of the molecule is CCN(CC)c1ccccc1C(=O)C(=Cc1ccccc1OC)OC. The molecule has 4 heteroatoms. The molecule has 0 aromatic heterocycles. The van der Waals surface area contributed by atoms with E-state index >= 15 is 0 Å². The van der Waals surface area contributed by atoms with Crippen molar-refractivity contribution in [2.75, 3.05) is 32.2 Å². The number of nitrogens with zero attached hydrogens (tertiary/aromatic N) is 1. The van der Waals surface area contributed by atoms with Gasteiger partial charge < -0.3 is 14.4 Å². The van der Waals surface area contributed by atoms with Crippen LogP contribution in [0.1, 0.15) is 29.8 Å². The van der Waals surface area contributed by atoms with Crippen LogP contribution in [0.5, 0.6) is 5.75 Å². The Kier molecular flexibility index (Phi) is 6.63. The number of carbonyl (C=O) groups is 1. The smallest absolute Gasteiger partial charge is 0.229 e. The zero-order valence-electron chi connectivity index (χ0n) is 15.3. The summed E-state index contributed by atoms with van der Waals surface area (Å²) in [7, 11) is 3.12. The van der Waals surface area contributed by atoms with Crippen molar-refractivity contribution in [1.29, 1.82) is 0 Å². The molecule has 0 radical (unpaired) electrons. The molecule has 0 atom stereocenters. The number of ketones is 1. The lowest BCUT2D eigenvalue weighted by Gasteiger charge is -2.23. The van der Waals surface area contributed by atoms with Gasteiger partial charge in [-0.1, -0.05) is 30.3 Å². The van der Waals surface area contributed by atoms with Crippen LogP contribution in [-0.4, -0.2) is 33.1 Å². The predicted molar refractivity (Wildman–Crippen MR) is 102 cm³/mol. The predicted octanol–water partition coefficient (Wildman–Crippen LogP) is 4.41. The van der Waals surface area contributed by atoms with Crippen LogP contribution in [0.2, 0.25) is 0 Å². The van der Waals surface area contributed by atoms with E-state index in [1.807, 2.05) is 48.5 Å². The van der Waals surface area contributed by atoms with Gasteiger partial charge in [-0.25, -0.2) is 0 Å². The minimum atomic E-state index is -0.143. The number of Topliss-reactive ketones (excluding diaryl/α,β-unsaturated/α-hetero) is 1. The lowest BCUT2D eigenvalue weighted by molar-refractivity contribution is 0.0957. The third-order valence-corrected chi connectivity index (χ3v) is 4.12. The van der Waals surface area contributed by atoms with Gasteiger partial charge in [0, 0.05) is 29.9 Å². The molecule has 25 heavy (non-hydrogen) atoms. The second kappa shape index (κ2) is 8.92. The lowest BCUT2D eigenvalue weighted by atomic mass is 10.0. The summed E-state index contributed by atoms with van der Waals surface area (Å²) in [6.07, 6.45) is 1.72. The van der Waals surface area contributed by atoms with Gasteiger partial charge in [-0.15, -0.1) is 0 Å². The Morgan fingerprint density at radius 1 is 1.00 bits per heavy atom. The average Bonchev–Trinajstić information content (AvgIpc) is 2.67. The van der Waals surface area contributed by atoms with Crippen LogP contribution in [0.4, 0.5) is 5.69 Å². The summed E-state index contributed by atoms with van der Waals surface area (Å²) in [5, 5.41) is 0. The number of anilines is 1. The first kappa shape index (κ1) is 18.6. The minimum absolute atomic E-state index is 0.143. The zero-order valence-corrected chi connectivity index (χ0v) is 15.3. The first-order valence-electron chi connectivity index (χ1n) is 8.43. The Morgan fingerprint density at radius 3 is 2.28 bits per heavy atom. The van der Waals surface area contributed by atoms with E-state index in [1.165, 1.54) is 7.11 Å². The van der Waals surface area contributed by atoms with E-state index in [1.54, 1.807) is 13.2 Å². The Labute approximate surface area is 149 Å². The number of ether oxygens (including phenoxy) is 2.